The Morgan fingerprint density at radius 2 is 2.19 bits per heavy atom. The maximum Gasteiger partial charge on any atom is 0.145 e. The van der Waals surface area contributed by atoms with Crippen LogP contribution in [0.5, 0.6) is 0 Å². The molecule has 0 saturated carbocycles. The highest BCUT2D eigenvalue weighted by Gasteiger charge is 2.12. The van der Waals surface area contributed by atoms with Gasteiger partial charge >= 0.3 is 0 Å². The van der Waals surface area contributed by atoms with Crippen LogP contribution in [0.25, 0.3) is 0 Å². The van der Waals surface area contributed by atoms with E-state index in [1.54, 1.807) is 10.7 Å². The van der Waals surface area contributed by atoms with E-state index in [9.17, 15) is 0 Å². The molecule has 0 aromatic carbocycles. The highest BCUT2D eigenvalue weighted by molar-refractivity contribution is 9.10. The van der Waals surface area contributed by atoms with Crippen LogP contribution in [0.2, 0.25) is 0 Å². The predicted molar refractivity (Wildman–Crippen MR) is 66.0 cm³/mol. The fraction of sp³-hybridized carbons (Fsp3) is 0.400. The first-order chi connectivity index (χ1) is 7.61. The maximum absolute atomic E-state index is 5.57. The molecule has 5 nitrogen and oxygen atoms in total. The van der Waals surface area contributed by atoms with Crippen molar-refractivity contribution < 1.29 is 0 Å². The molecule has 6 heteroatoms. The lowest BCUT2D eigenvalue weighted by atomic mass is 10.3. The van der Waals surface area contributed by atoms with Gasteiger partial charge < -0.3 is 5.73 Å². The molecule has 86 valence electrons. The monoisotopic (exact) mass is 283 g/mol. The van der Waals surface area contributed by atoms with Gasteiger partial charge in [-0.1, -0.05) is 6.92 Å². The fourth-order valence-electron chi connectivity index (χ4n) is 1.61. The third kappa shape index (κ3) is 1.97. The van der Waals surface area contributed by atoms with Crippen molar-refractivity contribution in [2.45, 2.75) is 19.9 Å². The highest BCUT2D eigenvalue weighted by Crippen LogP contribution is 2.22. The van der Waals surface area contributed by atoms with Crippen LogP contribution in [-0.4, -0.2) is 19.6 Å². The quantitative estimate of drug-likeness (QED) is 0.930. The number of hydrogen-bond donors (Lipinski definition) is 1. The lowest BCUT2D eigenvalue weighted by molar-refractivity contribution is 0.618. The molecular weight excluding hydrogens is 270 g/mol. The third-order valence-corrected chi connectivity index (χ3v) is 3.39. The van der Waals surface area contributed by atoms with E-state index >= 15 is 0 Å². The van der Waals surface area contributed by atoms with E-state index in [0.29, 0.717) is 12.4 Å². The average molecular weight is 284 g/mol. The molecule has 0 amide bonds. The molecule has 0 radical (unpaired) electrons. The number of nitrogens with zero attached hydrogens (tertiary/aromatic N) is 4. The molecule has 0 unspecified atom stereocenters. The van der Waals surface area contributed by atoms with Gasteiger partial charge in [0, 0.05) is 13.2 Å². The average Bonchev–Trinajstić information content (AvgIpc) is 2.77. The van der Waals surface area contributed by atoms with Crippen molar-refractivity contribution in [3.8, 4) is 0 Å². The van der Waals surface area contributed by atoms with Gasteiger partial charge in [-0.25, -0.2) is 0 Å². The van der Waals surface area contributed by atoms with Gasteiger partial charge in [0.05, 0.1) is 22.4 Å². The maximum atomic E-state index is 5.57. The largest absolute Gasteiger partial charge is 0.382 e. The Bertz CT molecular complexity index is 499. The minimum atomic E-state index is 0.536. The molecule has 2 N–H and O–H groups in total. The van der Waals surface area contributed by atoms with Crippen LogP contribution < -0.4 is 5.73 Å². The van der Waals surface area contributed by atoms with Gasteiger partial charge in [-0.3, -0.25) is 9.36 Å². The summed E-state index contributed by atoms with van der Waals surface area (Å²) in [6, 6.07) is 1.78. The summed E-state index contributed by atoms with van der Waals surface area (Å²) in [5.74, 6) is 0.536. The number of anilines is 1. The summed E-state index contributed by atoms with van der Waals surface area (Å²) in [5, 5.41) is 8.58. The number of nitrogens with two attached hydrogens (primary N) is 1. The molecule has 0 fully saturated rings. The summed E-state index contributed by atoms with van der Waals surface area (Å²) >= 11 is 3.57. The molecule has 2 heterocycles. The Hall–Kier alpha value is -1.30. The van der Waals surface area contributed by atoms with E-state index in [4.69, 9.17) is 5.73 Å². The van der Waals surface area contributed by atoms with Crippen molar-refractivity contribution in [2.75, 3.05) is 5.73 Å². The molecular formula is C10H14BrN5. The summed E-state index contributed by atoms with van der Waals surface area (Å²) in [6.45, 7) is 2.75. The van der Waals surface area contributed by atoms with Gasteiger partial charge in [0.1, 0.15) is 5.82 Å². The predicted octanol–water partition coefficient (Wildman–Crippen LogP) is 1.57. The van der Waals surface area contributed by atoms with Crippen molar-refractivity contribution in [3.63, 3.8) is 0 Å². The Kier molecular flexibility index (Phi) is 3.00. The van der Waals surface area contributed by atoms with E-state index < -0.39 is 0 Å². The second-order valence-electron chi connectivity index (χ2n) is 3.62. The molecule has 0 saturated heterocycles. The first-order valence-electron chi connectivity index (χ1n) is 5.11. The van der Waals surface area contributed by atoms with Crippen molar-refractivity contribution in [2.24, 2.45) is 7.05 Å². The summed E-state index contributed by atoms with van der Waals surface area (Å²) < 4.78 is 4.74. The van der Waals surface area contributed by atoms with Gasteiger partial charge in [-0.15, -0.1) is 0 Å². The first-order valence-corrected chi connectivity index (χ1v) is 5.90. The molecule has 0 bridgehead atoms. The van der Waals surface area contributed by atoms with Crippen LogP contribution in [0.3, 0.4) is 0 Å². The Balaban J connectivity index is 2.30. The van der Waals surface area contributed by atoms with Crippen molar-refractivity contribution in [3.05, 3.63) is 28.1 Å². The minimum Gasteiger partial charge on any atom is -0.382 e. The lowest BCUT2D eigenvalue weighted by Gasteiger charge is -2.02. The smallest absolute Gasteiger partial charge is 0.145 e. The van der Waals surface area contributed by atoms with E-state index in [2.05, 4.69) is 33.1 Å². The normalized spacial score (nSPS) is 10.9. The highest BCUT2D eigenvalue weighted by atomic mass is 79.9. The summed E-state index contributed by atoms with van der Waals surface area (Å²) in [5.41, 5.74) is 7.74. The second-order valence-corrected chi connectivity index (χ2v) is 4.42. The standard InChI is InChI=1S/C10H14BrN5/c1-3-7-10(11)8(15(2)13-7)6-16-5-4-9(12)14-16/h4-5H,3,6H2,1-2H3,(H2,12,14). The van der Waals surface area contributed by atoms with E-state index in [-0.39, 0.29) is 0 Å². The topological polar surface area (TPSA) is 61.7 Å². The van der Waals surface area contributed by atoms with Crippen LogP contribution in [0.1, 0.15) is 18.3 Å². The van der Waals surface area contributed by atoms with Gasteiger partial charge in [0.2, 0.25) is 0 Å². The number of rotatable bonds is 3. The minimum absolute atomic E-state index is 0.536. The van der Waals surface area contributed by atoms with E-state index in [0.717, 1.165) is 22.3 Å². The summed E-state index contributed by atoms with van der Waals surface area (Å²) in [6.07, 6.45) is 2.77. The number of hydrogen-bond acceptors (Lipinski definition) is 3. The third-order valence-electron chi connectivity index (χ3n) is 2.48. The van der Waals surface area contributed by atoms with Gasteiger partial charge in [0.15, 0.2) is 0 Å². The van der Waals surface area contributed by atoms with E-state index in [1.165, 1.54) is 0 Å². The van der Waals surface area contributed by atoms with Crippen LogP contribution in [0.15, 0.2) is 16.7 Å². The number of halogens is 1. The van der Waals surface area contributed by atoms with Crippen LogP contribution in [-0.2, 0) is 20.0 Å². The molecule has 2 rings (SSSR count). The number of nitrogen functional groups attached to an aromatic ring is 1. The first kappa shape index (κ1) is 11.2. The summed E-state index contributed by atoms with van der Waals surface area (Å²) in [7, 11) is 1.94. The number of aryl methyl sites for hydroxylation is 2. The van der Waals surface area contributed by atoms with Crippen LogP contribution in [0, 0.1) is 0 Å². The van der Waals surface area contributed by atoms with Crippen molar-refractivity contribution in [1.29, 1.82) is 0 Å². The zero-order valence-electron chi connectivity index (χ0n) is 9.31. The number of aromatic nitrogens is 4. The molecule has 0 aliphatic heterocycles. The molecule has 2 aromatic heterocycles. The fourth-order valence-corrected chi connectivity index (χ4v) is 2.35. The molecule has 0 aliphatic carbocycles. The zero-order chi connectivity index (χ0) is 11.7. The van der Waals surface area contributed by atoms with E-state index in [1.807, 2.05) is 17.9 Å². The van der Waals surface area contributed by atoms with Crippen molar-refractivity contribution >= 4 is 21.7 Å². The summed E-state index contributed by atoms with van der Waals surface area (Å²) in [4.78, 5) is 0. The van der Waals surface area contributed by atoms with Crippen molar-refractivity contribution in [1.82, 2.24) is 19.6 Å². The SMILES string of the molecule is CCc1nn(C)c(Cn2ccc(N)n2)c1Br. The van der Waals surface area contributed by atoms with Gasteiger partial charge in [-0.05, 0) is 28.4 Å². The van der Waals surface area contributed by atoms with Crippen LogP contribution in [0.4, 0.5) is 5.82 Å². The lowest BCUT2D eigenvalue weighted by Crippen LogP contribution is -2.06. The molecule has 16 heavy (non-hydrogen) atoms. The Morgan fingerprint density at radius 1 is 1.44 bits per heavy atom. The van der Waals surface area contributed by atoms with Gasteiger partial charge in [-0.2, -0.15) is 10.2 Å². The van der Waals surface area contributed by atoms with Crippen LogP contribution >= 0.6 is 15.9 Å². The second kappa shape index (κ2) is 4.29. The molecule has 0 atom stereocenters. The Labute approximate surface area is 102 Å². The molecule has 2 aromatic rings. The molecule has 0 aliphatic rings. The zero-order valence-corrected chi connectivity index (χ0v) is 10.9. The Morgan fingerprint density at radius 3 is 2.69 bits per heavy atom. The van der Waals surface area contributed by atoms with Gasteiger partial charge in [0.25, 0.3) is 0 Å². The molecule has 0 spiro atoms.